The quantitative estimate of drug-likeness (QED) is 0.782. The van der Waals surface area contributed by atoms with Crippen molar-refractivity contribution in [2.75, 3.05) is 6.54 Å². The van der Waals surface area contributed by atoms with Crippen molar-refractivity contribution in [1.29, 1.82) is 0 Å². The lowest BCUT2D eigenvalue weighted by atomic mass is 9.85. The van der Waals surface area contributed by atoms with E-state index >= 15 is 0 Å². The first-order valence-corrected chi connectivity index (χ1v) is 8.51. The lowest BCUT2D eigenvalue weighted by molar-refractivity contribution is 0.302. The summed E-state index contributed by atoms with van der Waals surface area (Å²) in [5.41, 5.74) is 1.47. The molecule has 112 valence electrons. The van der Waals surface area contributed by atoms with Crippen LogP contribution in [-0.2, 0) is 0 Å². The van der Waals surface area contributed by atoms with Gasteiger partial charge in [-0.1, -0.05) is 63.1 Å². The number of rotatable bonds is 5. The van der Waals surface area contributed by atoms with Crippen molar-refractivity contribution in [3.63, 3.8) is 0 Å². The van der Waals surface area contributed by atoms with Crippen LogP contribution in [0.15, 0.2) is 42.5 Å². The normalized spacial score (nSPS) is 23.5. The van der Waals surface area contributed by atoms with E-state index in [-0.39, 0.29) is 0 Å². The van der Waals surface area contributed by atoms with E-state index in [0.29, 0.717) is 6.04 Å². The van der Waals surface area contributed by atoms with Crippen molar-refractivity contribution in [1.82, 2.24) is 5.32 Å². The number of nitrogens with one attached hydrogen (secondary N) is 1. The highest BCUT2D eigenvalue weighted by atomic mass is 14.9. The first kappa shape index (κ1) is 14.6. The molecule has 0 spiro atoms. The Kier molecular flexibility index (Phi) is 4.60. The molecule has 3 unspecified atom stereocenters. The molecule has 0 saturated heterocycles. The molecule has 1 saturated carbocycles. The standard InChI is InChI=1S/C20H27N/c1-3-13-21-20(19-10-6-7-15(19)2)18-12-11-16-8-4-5-9-17(16)14-18/h4-5,8-9,11-12,14-15,19-21H,3,6-7,10,13H2,1-2H3. The molecule has 21 heavy (non-hydrogen) atoms. The summed E-state index contributed by atoms with van der Waals surface area (Å²) in [6.07, 6.45) is 5.35. The lowest BCUT2D eigenvalue weighted by Gasteiger charge is -2.29. The Morgan fingerprint density at radius 3 is 2.62 bits per heavy atom. The summed E-state index contributed by atoms with van der Waals surface area (Å²) in [6.45, 7) is 5.79. The van der Waals surface area contributed by atoms with Gasteiger partial charge in [0.1, 0.15) is 0 Å². The highest BCUT2D eigenvalue weighted by Gasteiger charge is 2.31. The zero-order valence-corrected chi connectivity index (χ0v) is 13.3. The van der Waals surface area contributed by atoms with Crippen molar-refractivity contribution in [3.8, 4) is 0 Å². The van der Waals surface area contributed by atoms with Crippen LogP contribution in [-0.4, -0.2) is 6.54 Å². The highest BCUT2D eigenvalue weighted by molar-refractivity contribution is 5.83. The van der Waals surface area contributed by atoms with E-state index in [1.54, 1.807) is 0 Å². The van der Waals surface area contributed by atoms with E-state index in [1.165, 1.54) is 42.0 Å². The fourth-order valence-electron chi connectivity index (χ4n) is 3.89. The van der Waals surface area contributed by atoms with Gasteiger partial charge in [0.2, 0.25) is 0 Å². The molecule has 1 nitrogen and oxygen atoms in total. The zero-order valence-electron chi connectivity index (χ0n) is 13.3. The lowest BCUT2D eigenvalue weighted by Crippen LogP contribution is -2.30. The van der Waals surface area contributed by atoms with Gasteiger partial charge in [0, 0.05) is 6.04 Å². The van der Waals surface area contributed by atoms with Gasteiger partial charge in [0.15, 0.2) is 0 Å². The Hall–Kier alpha value is -1.34. The van der Waals surface area contributed by atoms with Gasteiger partial charge < -0.3 is 5.32 Å². The molecule has 1 N–H and O–H groups in total. The molecule has 2 aromatic carbocycles. The second-order valence-electron chi connectivity index (χ2n) is 6.61. The number of fused-ring (bicyclic) bond motifs is 1. The van der Waals surface area contributed by atoms with Gasteiger partial charge in [-0.25, -0.2) is 0 Å². The Bertz CT molecular complexity index is 589. The van der Waals surface area contributed by atoms with Crippen molar-refractivity contribution >= 4 is 10.8 Å². The van der Waals surface area contributed by atoms with Gasteiger partial charge in [0.05, 0.1) is 0 Å². The molecular formula is C20H27N. The van der Waals surface area contributed by atoms with E-state index in [2.05, 4.69) is 61.6 Å². The van der Waals surface area contributed by atoms with Gasteiger partial charge >= 0.3 is 0 Å². The van der Waals surface area contributed by atoms with Crippen LogP contribution in [0, 0.1) is 11.8 Å². The topological polar surface area (TPSA) is 12.0 Å². The van der Waals surface area contributed by atoms with E-state index < -0.39 is 0 Å². The average Bonchev–Trinajstić information content (AvgIpc) is 2.94. The smallest absolute Gasteiger partial charge is 0.0351 e. The van der Waals surface area contributed by atoms with Crippen LogP contribution in [0.2, 0.25) is 0 Å². The largest absolute Gasteiger partial charge is 0.310 e. The van der Waals surface area contributed by atoms with E-state index in [1.807, 2.05) is 0 Å². The molecule has 1 aliphatic carbocycles. The Labute approximate surface area is 128 Å². The third-order valence-electron chi connectivity index (χ3n) is 5.10. The van der Waals surface area contributed by atoms with Crippen LogP contribution < -0.4 is 5.32 Å². The molecule has 0 radical (unpaired) electrons. The average molecular weight is 281 g/mol. The Morgan fingerprint density at radius 2 is 1.90 bits per heavy atom. The molecule has 2 aromatic rings. The summed E-state index contributed by atoms with van der Waals surface area (Å²) < 4.78 is 0. The molecule has 0 amide bonds. The van der Waals surface area contributed by atoms with Gasteiger partial charge in [-0.2, -0.15) is 0 Å². The van der Waals surface area contributed by atoms with Crippen LogP contribution in [0.25, 0.3) is 10.8 Å². The maximum atomic E-state index is 3.82. The second kappa shape index (κ2) is 6.62. The summed E-state index contributed by atoms with van der Waals surface area (Å²) >= 11 is 0. The number of hydrogen-bond acceptors (Lipinski definition) is 1. The number of benzene rings is 2. The summed E-state index contributed by atoms with van der Waals surface area (Å²) in [6, 6.07) is 16.2. The van der Waals surface area contributed by atoms with Crippen molar-refractivity contribution in [2.24, 2.45) is 11.8 Å². The minimum Gasteiger partial charge on any atom is -0.310 e. The van der Waals surface area contributed by atoms with Gasteiger partial charge in [-0.05, 0) is 53.6 Å². The zero-order chi connectivity index (χ0) is 14.7. The van der Waals surface area contributed by atoms with Crippen LogP contribution in [0.4, 0.5) is 0 Å². The SMILES string of the molecule is CCCNC(c1ccc2ccccc2c1)C1CCCC1C. The summed E-state index contributed by atoms with van der Waals surface area (Å²) in [4.78, 5) is 0. The van der Waals surface area contributed by atoms with E-state index in [9.17, 15) is 0 Å². The van der Waals surface area contributed by atoms with Crippen LogP contribution in [0.1, 0.15) is 51.1 Å². The fraction of sp³-hybridized carbons (Fsp3) is 0.500. The second-order valence-corrected chi connectivity index (χ2v) is 6.61. The van der Waals surface area contributed by atoms with E-state index in [4.69, 9.17) is 0 Å². The van der Waals surface area contributed by atoms with Gasteiger partial charge in [-0.3, -0.25) is 0 Å². The molecule has 0 aromatic heterocycles. The molecule has 1 heteroatoms. The monoisotopic (exact) mass is 281 g/mol. The first-order valence-electron chi connectivity index (χ1n) is 8.51. The van der Waals surface area contributed by atoms with Crippen molar-refractivity contribution < 1.29 is 0 Å². The minimum absolute atomic E-state index is 0.520. The van der Waals surface area contributed by atoms with Crippen molar-refractivity contribution in [3.05, 3.63) is 48.0 Å². The van der Waals surface area contributed by atoms with Crippen LogP contribution >= 0.6 is 0 Å². The molecule has 3 atom stereocenters. The molecule has 3 rings (SSSR count). The number of hydrogen-bond donors (Lipinski definition) is 1. The minimum atomic E-state index is 0.520. The Balaban J connectivity index is 1.92. The van der Waals surface area contributed by atoms with Crippen molar-refractivity contribution in [2.45, 2.75) is 45.6 Å². The summed E-state index contributed by atoms with van der Waals surface area (Å²) in [7, 11) is 0. The summed E-state index contributed by atoms with van der Waals surface area (Å²) in [5, 5.41) is 6.53. The molecule has 1 fully saturated rings. The maximum absolute atomic E-state index is 3.82. The van der Waals surface area contributed by atoms with E-state index in [0.717, 1.165) is 18.4 Å². The molecule has 0 aliphatic heterocycles. The summed E-state index contributed by atoms with van der Waals surface area (Å²) in [5.74, 6) is 1.63. The fourth-order valence-corrected chi connectivity index (χ4v) is 3.89. The first-order chi connectivity index (χ1) is 10.3. The maximum Gasteiger partial charge on any atom is 0.0351 e. The molecule has 1 aliphatic rings. The Morgan fingerprint density at radius 1 is 1.10 bits per heavy atom. The van der Waals surface area contributed by atoms with Crippen LogP contribution in [0.5, 0.6) is 0 Å². The third-order valence-corrected chi connectivity index (χ3v) is 5.10. The van der Waals surface area contributed by atoms with Gasteiger partial charge in [0.25, 0.3) is 0 Å². The van der Waals surface area contributed by atoms with Gasteiger partial charge in [-0.15, -0.1) is 0 Å². The third kappa shape index (κ3) is 3.13. The molecule has 0 heterocycles. The predicted octanol–water partition coefficient (Wildman–Crippen LogP) is 5.32. The highest BCUT2D eigenvalue weighted by Crippen LogP contribution is 2.40. The molecule has 0 bridgehead atoms. The predicted molar refractivity (Wildman–Crippen MR) is 91.5 cm³/mol. The molecular weight excluding hydrogens is 254 g/mol. The van der Waals surface area contributed by atoms with Crippen LogP contribution in [0.3, 0.4) is 0 Å².